The molecule has 0 amide bonds. The molecule has 0 atom stereocenters. The third-order valence-electron chi connectivity index (χ3n) is 1.97. The van der Waals surface area contributed by atoms with Crippen LogP contribution in [0.15, 0.2) is 18.2 Å². The molecule has 0 fully saturated rings. The zero-order valence-electron chi connectivity index (χ0n) is 7.75. The van der Waals surface area contributed by atoms with E-state index in [0.717, 1.165) is 23.7 Å². The summed E-state index contributed by atoms with van der Waals surface area (Å²) in [5.74, 6) is 4.16. The zero-order chi connectivity index (χ0) is 9.80. The summed E-state index contributed by atoms with van der Waals surface area (Å²) in [6.07, 6.45) is 5.86. The van der Waals surface area contributed by atoms with Crippen LogP contribution in [0.2, 0.25) is 0 Å². The Morgan fingerprint density at radius 3 is 3.07 bits per heavy atom. The van der Waals surface area contributed by atoms with Gasteiger partial charge in [-0.25, -0.2) is 0 Å². The third-order valence-corrected chi connectivity index (χ3v) is 1.97. The highest BCUT2D eigenvalue weighted by atomic mass is 16.7. The van der Waals surface area contributed by atoms with Crippen molar-refractivity contribution in [1.29, 1.82) is 0 Å². The van der Waals surface area contributed by atoms with Gasteiger partial charge in [0, 0.05) is 24.7 Å². The van der Waals surface area contributed by atoms with E-state index in [1.54, 1.807) is 0 Å². The Balaban J connectivity index is 2.02. The first-order valence-electron chi connectivity index (χ1n) is 4.47. The maximum atomic E-state index is 5.24. The van der Waals surface area contributed by atoms with Crippen LogP contribution >= 0.6 is 0 Å². The fraction of sp³-hybridized carbons (Fsp3) is 0.273. The summed E-state index contributed by atoms with van der Waals surface area (Å²) >= 11 is 0. The first-order chi connectivity index (χ1) is 6.90. The molecule has 0 unspecified atom stereocenters. The minimum absolute atomic E-state index is 0.309. The van der Waals surface area contributed by atoms with Crippen molar-refractivity contribution in [1.82, 2.24) is 0 Å². The smallest absolute Gasteiger partial charge is 0.231 e. The maximum Gasteiger partial charge on any atom is 0.231 e. The molecule has 1 aliphatic rings. The van der Waals surface area contributed by atoms with Crippen molar-refractivity contribution >= 4 is 5.69 Å². The van der Waals surface area contributed by atoms with Gasteiger partial charge in [-0.3, -0.25) is 0 Å². The molecule has 0 bridgehead atoms. The number of nitrogens with one attached hydrogen (secondary N) is 1. The number of rotatable bonds is 3. The molecule has 1 aliphatic heterocycles. The zero-order valence-corrected chi connectivity index (χ0v) is 7.75. The van der Waals surface area contributed by atoms with Crippen molar-refractivity contribution in [3.05, 3.63) is 18.2 Å². The standard InChI is InChI=1S/C11H11NO2/c1-2-3-6-12-9-4-5-10-11(7-9)14-8-13-10/h1,4-5,7,12H,3,6,8H2. The molecule has 0 radical (unpaired) electrons. The molecule has 72 valence electrons. The van der Waals surface area contributed by atoms with Crippen LogP contribution in [-0.2, 0) is 0 Å². The molecule has 0 aromatic heterocycles. The SMILES string of the molecule is C#CCCNc1ccc2c(c1)OCO2. The van der Waals surface area contributed by atoms with Gasteiger partial charge in [-0.15, -0.1) is 12.3 Å². The number of benzene rings is 1. The Kier molecular flexibility index (Phi) is 2.46. The number of fused-ring (bicyclic) bond motifs is 1. The fourth-order valence-electron chi connectivity index (χ4n) is 1.29. The van der Waals surface area contributed by atoms with Gasteiger partial charge in [0.1, 0.15) is 0 Å². The number of hydrogen-bond donors (Lipinski definition) is 1. The maximum absolute atomic E-state index is 5.24. The summed E-state index contributed by atoms with van der Waals surface area (Å²) in [4.78, 5) is 0. The minimum atomic E-state index is 0.309. The molecular formula is C11H11NO2. The lowest BCUT2D eigenvalue weighted by Crippen LogP contribution is -1.99. The predicted molar refractivity (Wildman–Crippen MR) is 54.5 cm³/mol. The number of anilines is 1. The highest BCUT2D eigenvalue weighted by Crippen LogP contribution is 2.34. The van der Waals surface area contributed by atoms with Gasteiger partial charge in [0.15, 0.2) is 11.5 Å². The minimum Gasteiger partial charge on any atom is -0.454 e. The summed E-state index contributed by atoms with van der Waals surface area (Å²) in [5, 5.41) is 3.20. The summed E-state index contributed by atoms with van der Waals surface area (Å²) < 4.78 is 10.4. The second-order valence-corrected chi connectivity index (χ2v) is 2.95. The Hall–Kier alpha value is -1.82. The largest absolute Gasteiger partial charge is 0.454 e. The summed E-state index contributed by atoms with van der Waals surface area (Å²) in [6.45, 7) is 1.08. The van der Waals surface area contributed by atoms with E-state index >= 15 is 0 Å². The average Bonchev–Trinajstić information content (AvgIpc) is 2.65. The van der Waals surface area contributed by atoms with E-state index in [9.17, 15) is 0 Å². The molecule has 3 heteroatoms. The lowest BCUT2D eigenvalue weighted by molar-refractivity contribution is 0.174. The molecule has 0 saturated carbocycles. The van der Waals surface area contributed by atoms with Crippen LogP contribution in [-0.4, -0.2) is 13.3 Å². The highest BCUT2D eigenvalue weighted by Gasteiger charge is 2.12. The van der Waals surface area contributed by atoms with Gasteiger partial charge < -0.3 is 14.8 Å². The Bertz CT molecular complexity index is 368. The van der Waals surface area contributed by atoms with Crippen molar-refractivity contribution in [2.75, 3.05) is 18.7 Å². The number of terminal acetylenes is 1. The molecule has 2 rings (SSSR count). The van der Waals surface area contributed by atoms with Gasteiger partial charge in [-0.05, 0) is 12.1 Å². The van der Waals surface area contributed by atoms with Gasteiger partial charge in [-0.2, -0.15) is 0 Å². The number of hydrogen-bond acceptors (Lipinski definition) is 3. The molecule has 14 heavy (non-hydrogen) atoms. The van der Waals surface area contributed by atoms with Crippen LogP contribution in [0.3, 0.4) is 0 Å². The van der Waals surface area contributed by atoms with Crippen LogP contribution in [0.25, 0.3) is 0 Å². The first kappa shape index (κ1) is 8.76. The first-order valence-corrected chi connectivity index (χ1v) is 4.47. The summed E-state index contributed by atoms with van der Waals surface area (Å²) in [5.41, 5.74) is 1.00. The van der Waals surface area contributed by atoms with Crippen molar-refractivity contribution in [3.8, 4) is 23.8 Å². The van der Waals surface area contributed by atoms with Gasteiger partial charge in [-0.1, -0.05) is 0 Å². The van der Waals surface area contributed by atoms with E-state index in [-0.39, 0.29) is 0 Å². The van der Waals surface area contributed by atoms with Gasteiger partial charge in [0.25, 0.3) is 0 Å². The van der Waals surface area contributed by atoms with Crippen molar-refractivity contribution in [2.45, 2.75) is 6.42 Å². The third kappa shape index (κ3) is 1.74. The lowest BCUT2D eigenvalue weighted by atomic mass is 10.2. The van der Waals surface area contributed by atoms with Crippen LogP contribution in [0.4, 0.5) is 5.69 Å². The second-order valence-electron chi connectivity index (χ2n) is 2.95. The van der Waals surface area contributed by atoms with E-state index in [4.69, 9.17) is 15.9 Å². The van der Waals surface area contributed by atoms with Crippen LogP contribution in [0.1, 0.15) is 6.42 Å². The monoisotopic (exact) mass is 189 g/mol. The van der Waals surface area contributed by atoms with Crippen molar-refractivity contribution < 1.29 is 9.47 Å². The van der Waals surface area contributed by atoms with E-state index in [1.807, 2.05) is 18.2 Å². The lowest BCUT2D eigenvalue weighted by Gasteiger charge is -2.04. The molecule has 0 aliphatic carbocycles. The fourth-order valence-corrected chi connectivity index (χ4v) is 1.29. The van der Waals surface area contributed by atoms with Crippen molar-refractivity contribution in [3.63, 3.8) is 0 Å². The molecule has 0 saturated heterocycles. The van der Waals surface area contributed by atoms with Crippen molar-refractivity contribution in [2.24, 2.45) is 0 Å². The molecule has 1 aromatic rings. The van der Waals surface area contributed by atoms with E-state index in [2.05, 4.69) is 11.2 Å². The van der Waals surface area contributed by atoms with Gasteiger partial charge in [0.05, 0.1) is 0 Å². The topological polar surface area (TPSA) is 30.5 Å². The average molecular weight is 189 g/mol. The van der Waals surface area contributed by atoms with Crippen LogP contribution in [0.5, 0.6) is 11.5 Å². The van der Waals surface area contributed by atoms with E-state index in [1.165, 1.54) is 0 Å². The normalized spacial score (nSPS) is 12.2. The molecule has 1 heterocycles. The Morgan fingerprint density at radius 1 is 1.36 bits per heavy atom. The molecular weight excluding hydrogens is 178 g/mol. The molecule has 3 nitrogen and oxygen atoms in total. The van der Waals surface area contributed by atoms with E-state index < -0.39 is 0 Å². The Labute approximate surface area is 83.0 Å². The highest BCUT2D eigenvalue weighted by molar-refractivity contribution is 5.55. The van der Waals surface area contributed by atoms with Crippen LogP contribution in [0, 0.1) is 12.3 Å². The molecule has 0 spiro atoms. The predicted octanol–water partition coefficient (Wildman–Crippen LogP) is 1.85. The summed E-state index contributed by atoms with van der Waals surface area (Å²) in [6, 6.07) is 5.75. The molecule has 1 aromatic carbocycles. The number of ether oxygens (including phenoxy) is 2. The van der Waals surface area contributed by atoms with E-state index in [0.29, 0.717) is 13.2 Å². The second kappa shape index (κ2) is 3.93. The Morgan fingerprint density at radius 2 is 2.21 bits per heavy atom. The van der Waals surface area contributed by atoms with Gasteiger partial charge in [0.2, 0.25) is 6.79 Å². The summed E-state index contributed by atoms with van der Waals surface area (Å²) in [7, 11) is 0. The van der Waals surface area contributed by atoms with Gasteiger partial charge >= 0.3 is 0 Å². The van der Waals surface area contributed by atoms with Crippen LogP contribution < -0.4 is 14.8 Å². The quantitative estimate of drug-likeness (QED) is 0.581. The molecule has 1 N–H and O–H groups in total.